The lowest BCUT2D eigenvalue weighted by Gasteiger charge is -2.26. The first-order chi connectivity index (χ1) is 6.02. The maximum absolute atomic E-state index is 11.0. The van der Waals surface area contributed by atoms with E-state index in [2.05, 4.69) is 0 Å². The Kier molecular flexibility index (Phi) is 2.75. The lowest BCUT2D eigenvalue weighted by atomic mass is 10.2. The highest BCUT2D eigenvalue weighted by Gasteiger charge is 2.34. The smallest absolute Gasteiger partial charge is 0.315 e. The molecule has 1 unspecified atom stereocenters. The summed E-state index contributed by atoms with van der Waals surface area (Å²) in [5.41, 5.74) is 10.2. The molecule has 0 heterocycles. The fourth-order valence-electron chi connectivity index (χ4n) is 1.50. The Bertz CT molecular complexity index is 225. The van der Waals surface area contributed by atoms with Gasteiger partial charge in [0.05, 0.1) is 0 Å². The van der Waals surface area contributed by atoms with Crippen LogP contribution in [0, 0.1) is 0 Å². The summed E-state index contributed by atoms with van der Waals surface area (Å²) in [5.74, 6) is -0.403. The Hall–Kier alpha value is -1.26. The first-order valence-corrected chi connectivity index (χ1v) is 4.38. The minimum atomic E-state index is -0.462. The van der Waals surface area contributed by atoms with Crippen LogP contribution in [-0.4, -0.2) is 28.9 Å². The SMILES string of the molecule is CC(CC(N)=O)N(C(N)=O)C1CC1. The van der Waals surface area contributed by atoms with Crippen molar-refractivity contribution in [3.63, 3.8) is 0 Å². The molecule has 5 nitrogen and oxygen atoms in total. The Morgan fingerprint density at radius 3 is 2.31 bits per heavy atom. The van der Waals surface area contributed by atoms with Gasteiger partial charge in [0.25, 0.3) is 0 Å². The van der Waals surface area contributed by atoms with Gasteiger partial charge in [0, 0.05) is 18.5 Å². The van der Waals surface area contributed by atoms with Gasteiger partial charge < -0.3 is 16.4 Å². The van der Waals surface area contributed by atoms with Crippen LogP contribution in [-0.2, 0) is 4.79 Å². The molecule has 3 amide bonds. The van der Waals surface area contributed by atoms with Gasteiger partial charge in [-0.1, -0.05) is 0 Å². The van der Waals surface area contributed by atoms with E-state index >= 15 is 0 Å². The van der Waals surface area contributed by atoms with Crippen molar-refractivity contribution in [1.82, 2.24) is 4.90 Å². The number of amides is 3. The zero-order valence-corrected chi connectivity index (χ0v) is 7.69. The standard InChI is InChI=1S/C8H15N3O2/c1-5(4-7(9)12)11(8(10)13)6-2-3-6/h5-6H,2-4H2,1H3,(H2,9,12)(H2,10,13). The highest BCUT2D eigenvalue weighted by Crippen LogP contribution is 2.28. The highest BCUT2D eigenvalue weighted by atomic mass is 16.2. The molecule has 13 heavy (non-hydrogen) atoms. The quantitative estimate of drug-likeness (QED) is 0.634. The van der Waals surface area contributed by atoms with E-state index in [0.29, 0.717) is 0 Å². The molecule has 74 valence electrons. The summed E-state index contributed by atoms with van der Waals surface area (Å²) in [6, 6.07) is -0.411. The maximum Gasteiger partial charge on any atom is 0.315 e. The second-order valence-electron chi connectivity index (χ2n) is 3.50. The lowest BCUT2D eigenvalue weighted by Crippen LogP contribution is -2.45. The molecule has 1 aliphatic carbocycles. The molecule has 1 aliphatic rings. The first kappa shape index (κ1) is 9.83. The van der Waals surface area contributed by atoms with Crippen molar-refractivity contribution < 1.29 is 9.59 Å². The van der Waals surface area contributed by atoms with Gasteiger partial charge in [-0.3, -0.25) is 4.79 Å². The molecular weight excluding hydrogens is 170 g/mol. The van der Waals surface area contributed by atoms with Crippen molar-refractivity contribution in [1.29, 1.82) is 0 Å². The van der Waals surface area contributed by atoms with Crippen molar-refractivity contribution >= 4 is 11.9 Å². The van der Waals surface area contributed by atoms with E-state index in [1.165, 1.54) is 0 Å². The maximum atomic E-state index is 11.0. The molecule has 0 aliphatic heterocycles. The molecule has 0 radical (unpaired) electrons. The monoisotopic (exact) mass is 185 g/mol. The molecule has 0 saturated heterocycles. The largest absolute Gasteiger partial charge is 0.370 e. The van der Waals surface area contributed by atoms with E-state index < -0.39 is 11.9 Å². The normalized spacial score (nSPS) is 17.9. The first-order valence-electron chi connectivity index (χ1n) is 4.38. The van der Waals surface area contributed by atoms with Gasteiger partial charge in [0.15, 0.2) is 0 Å². The number of urea groups is 1. The van der Waals surface area contributed by atoms with Crippen molar-refractivity contribution in [3.8, 4) is 0 Å². The highest BCUT2D eigenvalue weighted by molar-refractivity contribution is 5.77. The second-order valence-corrected chi connectivity index (χ2v) is 3.50. The van der Waals surface area contributed by atoms with Gasteiger partial charge in [-0.15, -0.1) is 0 Å². The van der Waals surface area contributed by atoms with Crippen LogP contribution in [0.25, 0.3) is 0 Å². The molecule has 0 spiro atoms. The van der Waals surface area contributed by atoms with E-state index in [-0.39, 0.29) is 18.5 Å². The summed E-state index contributed by atoms with van der Waals surface area (Å²) in [6.07, 6.45) is 2.14. The summed E-state index contributed by atoms with van der Waals surface area (Å²) in [4.78, 5) is 23.2. The van der Waals surface area contributed by atoms with Crippen LogP contribution >= 0.6 is 0 Å². The average molecular weight is 185 g/mol. The Morgan fingerprint density at radius 1 is 1.46 bits per heavy atom. The van der Waals surface area contributed by atoms with Gasteiger partial charge in [-0.2, -0.15) is 0 Å². The Labute approximate surface area is 77.1 Å². The predicted octanol–water partition coefficient (Wildman–Crippen LogP) is -0.207. The molecular formula is C8H15N3O2. The summed E-state index contributed by atoms with van der Waals surface area (Å²) >= 11 is 0. The molecule has 1 saturated carbocycles. The third kappa shape index (κ3) is 2.61. The second kappa shape index (κ2) is 3.64. The lowest BCUT2D eigenvalue weighted by molar-refractivity contribution is -0.118. The van der Waals surface area contributed by atoms with E-state index in [0.717, 1.165) is 12.8 Å². The fourth-order valence-corrected chi connectivity index (χ4v) is 1.50. The number of nitrogens with zero attached hydrogens (tertiary/aromatic N) is 1. The molecule has 0 bridgehead atoms. The van der Waals surface area contributed by atoms with E-state index in [1.54, 1.807) is 11.8 Å². The summed E-state index contributed by atoms with van der Waals surface area (Å²) in [6.45, 7) is 1.79. The molecule has 1 atom stereocenters. The number of carbonyl (C=O) groups is 2. The van der Waals surface area contributed by atoms with E-state index in [1.807, 2.05) is 0 Å². The zero-order valence-electron chi connectivity index (χ0n) is 7.69. The van der Waals surface area contributed by atoms with Crippen LogP contribution in [0.1, 0.15) is 26.2 Å². The van der Waals surface area contributed by atoms with E-state index in [4.69, 9.17) is 11.5 Å². The molecule has 4 N–H and O–H groups in total. The number of carbonyl (C=O) groups excluding carboxylic acids is 2. The van der Waals surface area contributed by atoms with Crippen LogP contribution in [0.15, 0.2) is 0 Å². The molecule has 1 fully saturated rings. The van der Waals surface area contributed by atoms with Crippen molar-refractivity contribution in [2.24, 2.45) is 11.5 Å². The van der Waals surface area contributed by atoms with E-state index in [9.17, 15) is 9.59 Å². The molecule has 0 aromatic carbocycles. The molecule has 0 aromatic rings. The van der Waals surface area contributed by atoms with Crippen LogP contribution < -0.4 is 11.5 Å². The number of hydrogen-bond acceptors (Lipinski definition) is 2. The summed E-state index contributed by atoms with van der Waals surface area (Å²) < 4.78 is 0. The minimum Gasteiger partial charge on any atom is -0.370 e. The van der Waals surface area contributed by atoms with Crippen LogP contribution in [0.4, 0.5) is 4.79 Å². The zero-order chi connectivity index (χ0) is 10.0. The predicted molar refractivity (Wildman–Crippen MR) is 47.7 cm³/mol. The molecule has 0 aromatic heterocycles. The average Bonchev–Trinajstić information content (AvgIpc) is 2.68. The van der Waals surface area contributed by atoms with Crippen molar-refractivity contribution in [2.45, 2.75) is 38.3 Å². The van der Waals surface area contributed by atoms with Gasteiger partial charge in [-0.25, -0.2) is 4.79 Å². The van der Waals surface area contributed by atoms with Crippen LogP contribution in [0.5, 0.6) is 0 Å². The van der Waals surface area contributed by atoms with Crippen LogP contribution in [0.2, 0.25) is 0 Å². The minimum absolute atomic E-state index is 0.178. The Morgan fingerprint density at radius 2 is 2.00 bits per heavy atom. The van der Waals surface area contributed by atoms with Crippen molar-refractivity contribution in [3.05, 3.63) is 0 Å². The number of hydrogen-bond donors (Lipinski definition) is 2. The van der Waals surface area contributed by atoms with Gasteiger partial charge in [0.2, 0.25) is 5.91 Å². The third-order valence-corrected chi connectivity index (χ3v) is 2.17. The number of nitrogens with two attached hydrogens (primary N) is 2. The van der Waals surface area contributed by atoms with Gasteiger partial charge in [-0.05, 0) is 19.8 Å². The number of rotatable bonds is 4. The fraction of sp³-hybridized carbons (Fsp3) is 0.750. The number of primary amides is 2. The van der Waals surface area contributed by atoms with Gasteiger partial charge >= 0.3 is 6.03 Å². The Balaban J connectivity index is 2.53. The van der Waals surface area contributed by atoms with Gasteiger partial charge in [0.1, 0.15) is 0 Å². The summed E-state index contributed by atoms with van der Waals surface area (Å²) in [7, 11) is 0. The molecule has 1 rings (SSSR count). The topological polar surface area (TPSA) is 89.4 Å². The van der Waals surface area contributed by atoms with Crippen molar-refractivity contribution in [2.75, 3.05) is 0 Å². The summed E-state index contributed by atoms with van der Waals surface area (Å²) in [5, 5.41) is 0. The van der Waals surface area contributed by atoms with Crippen LogP contribution in [0.3, 0.4) is 0 Å². The third-order valence-electron chi connectivity index (χ3n) is 2.17. The molecule has 5 heteroatoms.